The van der Waals surface area contributed by atoms with Crippen molar-refractivity contribution in [2.75, 3.05) is 20.2 Å². The summed E-state index contributed by atoms with van der Waals surface area (Å²) in [6, 6.07) is 0. The van der Waals surface area contributed by atoms with Crippen molar-refractivity contribution in [2.45, 2.75) is 18.3 Å². The molecule has 0 aliphatic carbocycles. The molecule has 2 heterocycles. The van der Waals surface area contributed by atoms with Gasteiger partial charge in [-0.05, 0) is 0 Å². The molecular formula is C12H17NO5. The van der Waals surface area contributed by atoms with Crippen LogP contribution < -0.4 is 0 Å². The minimum atomic E-state index is -0.969. The lowest BCUT2D eigenvalue weighted by atomic mass is 9.83. The molecule has 6 heteroatoms. The van der Waals surface area contributed by atoms with Crippen LogP contribution in [0.15, 0.2) is 12.2 Å². The standard InChI is InChI=1S/C12H17NO5/c1-13(4-7(16)5-14)12(17)11-8(6-15)9-2-3-10(11)18-9/h2-3,6-11,14,16H,4-5H2,1H3. The van der Waals surface area contributed by atoms with Gasteiger partial charge < -0.3 is 24.6 Å². The second kappa shape index (κ2) is 5.17. The van der Waals surface area contributed by atoms with E-state index in [0.717, 1.165) is 6.29 Å². The van der Waals surface area contributed by atoms with Crippen molar-refractivity contribution in [3.63, 3.8) is 0 Å². The number of aldehydes is 1. The van der Waals surface area contributed by atoms with Gasteiger partial charge in [-0.1, -0.05) is 12.2 Å². The fourth-order valence-corrected chi connectivity index (χ4v) is 2.52. The lowest BCUT2D eigenvalue weighted by Gasteiger charge is -2.27. The number of carbonyl (C=O) groups excluding carboxylic acids is 2. The van der Waals surface area contributed by atoms with Gasteiger partial charge >= 0.3 is 0 Å². The van der Waals surface area contributed by atoms with Gasteiger partial charge in [0, 0.05) is 13.6 Å². The predicted octanol–water partition coefficient (Wildman–Crippen LogP) is -1.43. The van der Waals surface area contributed by atoms with E-state index < -0.39 is 24.5 Å². The van der Waals surface area contributed by atoms with Gasteiger partial charge in [0.05, 0.1) is 36.8 Å². The zero-order valence-corrected chi connectivity index (χ0v) is 10.1. The molecule has 2 aliphatic rings. The van der Waals surface area contributed by atoms with Crippen LogP contribution in [0.1, 0.15) is 0 Å². The third-order valence-corrected chi connectivity index (χ3v) is 3.47. The van der Waals surface area contributed by atoms with Crippen LogP contribution in [0.25, 0.3) is 0 Å². The van der Waals surface area contributed by atoms with Crippen LogP contribution in [0.2, 0.25) is 0 Å². The summed E-state index contributed by atoms with van der Waals surface area (Å²) in [5.74, 6) is -1.22. The first-order chi connectivity index (χ1) is 8.58. The minimum absolute atomic E-state index is 0.0402. The number of fused-ring (bicyclic) bond motifs is 2. The molecule has 0 aromatic heterocycles. The molecule has 2 rings (SSSR count). The molecule has 2 N–H and O–H groups in total. The maximum atomic E-state index is 12.2. The summed E-state index contributed by atoms with van der Waals surface area (Å²) in [4.78, 5) is 24.6. The second-order valence-electron chi connectivity index (χ2n) is 4.74. The fraction of sp³-hybridized carbons (Fsp3) is 0.667. The molecule has 0 aromatic carbocycles. The van der Waals surface area contributed by atoms with Crippen LogP contribution >= 0.6 is 0 Å². The third-order valence-electron chi connectivity index (χ3n) is 3.47. The van der Waals surface area contributed by atoms with Crippen LogP contribution in [0.3, 0.4) is 0 Å². The van der Waals surface area contributed by atoms with E-state index in [4.69, 9.17) is 9.84 Å². The van der Waals surface area contributed by atoms with Gasteiger partial charge in [-0.15, -0.1) is 0 Å². The molecule has 0 spiro atoms. The Bertz CT molecular complexity index is 369. The Labute approximate surface area is 105 Å². The highest BCUT2D eigenvalue weighted by Gasteiger charge is 2.50. The molecule has 1 saturated heterocycles. The Kier molecular flexibility index (Phi) is 3.79. The Morgan fingerprint density at radius 3 is 2.78 bits per heavy atom. The zero-order valence-electron chi connectivity index (χ0n) is 10.1. The quantitative estimate of drug-likeness (QED) is 0.464. The van der Waals surface area contributed by atoms with E-state index in [-0.39, 0.29) is 24.7 Å². The topological polar surface area (TPSA) is 87.1 Å². The molecule has 100 valence electrons. The molecule has 1 fully saturated rings. The number of ether oxygens (including phenoxy) is 1. The second-order valence-corrected chi connectivity index (χ2v) is 4.74. The monoisotopic (exact) mass is 255 g/mol. The van der Waals surface area contributed by atoms with Crippen molar-refractivity contribution in [1.82, 2.24) is 4.90 Å². The van der Waals surface area contributed by atoms with E-state index >= 15 is 0 Å². The van der Waals surface area contributed by atoms with Crippen molar-refractivity contribution in [2.24, 2.45) is 11.8 Å². The highest BCUT2D eigenvalue weighted by Crippen LogP contribution is 2.38. The van der Waals surface area contributed by atoms with E-state index in [2.05, 4.69) is 0 Å². The highest BCUT2D eigenvalue weighted by molar-refractivity contribution is 5.84. The predicted molar refractivity (Wildman–Crippen MR) is 61.6 cm³/mol. The normalized spacial score (nSPS) is 34.6. The summed E-state index contributed by atoms with van der Waals surface area (Å²) in [7, 11) is 1.54. The molecule has 1 amide bonds. The summed E-state index contributed by atoms with van der Waals surface area (Å²) in [5, 5.41) is 18.1. The summed E-state index contributed by atoms with van der Waals surface area (Å²) in [6.07, 6.45) is 2.72. The molecule has 18 heavy (non-hydrogen) atoms. The van der Waals surface area contributed by atoms with Gasteiger partial charge in [-0.3, -0.25) is 4.79 Å². The number of likely N-dealkylation sites (N-methyl/N-ethyl adjacent to an activating group) is 1. The summed E-state index contributed by atoms with van der Waals surface area (Å²) in [6.45, 7) is -0.361. The van der Waals surface area contributed by atoms with E-state index in [0.29, 0.717) is 0 Å². The average Bonchev–Trinajstić information content (AvgIpc) is 2.97. The van der Waals surface area contributed by atoms with Gasteiger partial charge in [-0.25, -0.2) is 0 Å². The van der Waals surface area contributed by atoms with Crippen LogP contribution in [-0.4, -0.2) is 65.8 Å². The van der Waals surface area contributed by atoms with Crippen molar-refractivity contribution >= 4 is 12.2 Å². The van der Waals surface area contributed by atoms with Gasteiger partial charge in [0.1, 0.15) is 6.29 Å². The lowest BCUT2D eigenvalue weighted by Crippen LogP contribution is -2.44. The molecule has 2 bridgehead atoms. The molecule has 0 radical (unpaired) electrons. The van der Waals surface area contributed by atoms with E-state index in [1.54, 1.807) is 19.2 Å². The van der Waals surface area contributed by atoms with Gasteiger partial charge in [0.15, 0.2) is 0 Å². The van der Waals surface area contributed by atoms with Gasteiger partial charge in [-0.2, -0.15) is 0 Å². The smallest absolute Gasteiger partial charge is 0.229 e. The molecule has 6 nitrogen and oxygen atoms in total. The van der Waals surface area contributed by atoms with Crippen molar-refractivity contribution in [3.8, 4) is 0 Å². The summed E-state index contributed by atoms with van der Waals surface area (Å²) < 4.78 is 5.49. The van der Waals surface area contributed by atoms with Crippen LogP contribution in [0, 0.1) is 11.8 Å². The number of nitrogens with zero attached hydrogens (tertiary/aromatic N) is 1. The summed E-state index contributed by atoms with van der Waals surface area (Å²) >= 11 is 0. The van der Waals surface area contributed by atoms with Crippen molar-refractivity contribution in [1.29, 1.82) is 0 Å². The average molecular weight is 255 g/mol. The number of carbonyl (C=O) groups is 2. The van der Waals surface area contributed by atoms with E-state index in [1.165, 1.54) is 4.90 Å². The van der Waals surface area contributed by atoms with Crippen LogP contribution in [-0.2, 0) is 14.3 Å². The first-order valence-electron chi connectivity index (χ1n) is 5.91. The van der Waals surface area contributed by atoms with E-state index in [9.17, 15) is 14.7 Å². The number of amides is 1. The number of aliphatic hydroxyl groups excluding tert-OH is 2. The Morgan fingerprint density at radius 1 is 1.50 bits per heavy atom. The van der Waals surface area contributed by atoms with Crippen molar-refractivity contribution < 1.29 is 24.5 Å². The maximum Gasteiger partial charge on any atom is 0.229 e. The Morgan fingerprint density at radius 2 is 2.17 bits per heavy atom. The Balaban J connectivity index is 2.04. The van der Waals surface area contributed by atoms with E-state index in [1.807, 2.05) is 0 Å². The first kappa shape index (κ1) is 13.2. The number of rotatable bonds is 5. The zero-order chi connectivity index (χ0) is 13.3. The summed E-state index contributed by atoms with van der Waals surface area (Å²) in [5.41, 5.74) is 0. The van der Waals surface area contributed by atoms with Gasteiger partial charge in [0.2, 0.25) is 5.91 Å². The molecule has 5 unspecified atom stereocenters. The van der Waals surface area contributed by atoms with Gasteiger partial charge in [0.25, 0.3) is 0 Å². The highest BCUT2D eigenvalue weighted by atomic mass is 16.5. The van der Waals surface area contributed by atoms with Crippen LogP contribution in [0.4, 0.5) is 0 Å². The number of hydrogen-bond donors (Lipinski definition) is 2. The molecule has 2 aliphatic heterocycles. The third kappa shape index (κ3) is 2.19. The lowest BCUT2D eigenvalue weighted by molar-refractivity contribution is -0.139. The van der Waals surface area contributed by atoms with Crippen LogP contribution in [0.5, 0.6) is 0 Å². The molecule has 5 atom stereocenters. The fourth-order valence-electron chi connectivity index (χ4n) is 2.52. The number of hydrogen-bond acceptors (Lipinski definition) is 5. The molecule has 0 aromatic rings. The largest absolute Gasteiger partial charge is 0.394 e. The van der Waals surface area contributed by atoms with Crippen molar-refractivity contribution in [3.05, 3.63) is 12.2 Å². The molecular weight excluding hydrogens is 238 g/mol. The molecule has 0 saturated carbocycles. The minimum Gasteiger partial charge on any atom is -0.394 e. The Hall–Kier alpha value is -1.24. The SMILES string of the molecule is CN(CC(O)CO)C(=O)C1C2C=CC(O2)C1C=O. The maximum absolute atomic E-state index is 12.2. The first-order valence-corrected chi connectivity index (χ1v) is 5.91. The number of aliphatic hydroxyl groups is 2.